The van der Waals surface area contributed by atoms with Crippen LogP contribution in [0.4, 0.5) is 9.93 Å². The highest BCUT2D eigenvalue weighted by Gasteiger charge is 2.35. The van der Waals surface area contributed by atoms with Crippen LogP contribution in [-0.4, -0.2) is 72.8 Å². The second kappa shape index (κ2) is 12.7. The van der Waals surface area contributed by atoms with Crippen molar-refractivity contribution >= 4 is 46.6 Å². The van der Waals surface area contributed by atoms with Gasteiger partial charge < -0.3 is 20.1 Å². The molecule has 43 heavy (non-hydrogen) atoms. The van der Waals surface area contributed by atoms with E-state index in [0.29, 0.717) is 22.8 Å². The molecular weight excluding hydrogens is 595 g/mol. The molecule has 3 aromatic heterocycles. The Morgan fingerprint density at radius 1 is 1.26 bits per heavy atom. The van der Waals surface area contributed by atoms with Gasteiger partial charge in [-0.05, 0) is 60.6 Å². The largest absolute Gasteiger partial charge is 0.611 e. The highest BCUT2D eigenvalue weighted by Crippen LogP contribution is 2.38. The number of fused-ring (bicyclic) bond motifs is 1. The van der Waals surface area contributed by atoms with Crippen LogP contribution in [0.15, 0.2) is 53.8 Å². The fourth-order valence-corrected chi connectivity index (χ4v) is 6.14. The van der Waals surface area contributed by atoms with E-state index in [-0.39, 0.29) is 18.0 Å². The van der Waals surface area contributed by atoms with Crippen LogP contribution in [0.1, 0.15) is 26.6 Å². The van der Waals surface area contributed by atoms with E-state index < -0.39 is 32.3 Å². The van der Waals surface area contributed by atoms with Crippen LogP contribution in [0.25, 0.3) is 32.6 Å². The number of nitrogens with two attached hydrogens (primary N) is 1. The van der Waals surface area contributed by atoms with E-state index in [1.54, 1.807) is 32.4 Å². The molecule has 0 fully saturated rings. The molecule has 2 unspecified atom stereocenters. The van der Waals surface area contributed by atoms with Gasteiger partial charge in [0, 0.05) is 36.3 Å². The fourth-order valence-electron chi connectivity index (χ4n) is 4.26. The molecule has 0 bridgehead atoms. The molecule has 4 aromatic rings. The number of aromatic nitrogens is 4. The zero-order valence-corrected chi connectivity index (χ0v) is 25.2. The molecule has 0 radical (unpaired) electrons. The molecule has 1 aromatic carbocycles. The van der Waals surface area contributed by atoms with E-state index in [4.69, 9.17) is 10.6 Å². The molecule has 0 aliphatic carbocycles. The smallest absolute Gasteiger partial charge is 0.324 e. The van der Waals surface area contributed by atoms with Gasteiger partial charge in [0.25, 0.3) is 0 Å². The maximum Gasteiger partial charge on any atom is 0.324 e. The SMILES string of the molecule is CCNC(=O)Nc1nc2cc(-c3cnc(C(C)(C)OC(=O)CN(N)N4N=[P+]([O-])CC4O)nc3)cc(-c3ccccn3)c2s1. The number of ether oxygens (including phenoxy) is 1. The minimum absolute atomic E-state index is 0.0727. The van der Waals surface area contributed by atoms with Gasteiger partial charge in [0.1, 0.15) is 6.54 Å². The third-order valence-electron chi connectivity index (χ3n) is 6.21. The van der Waals surface area contributed by atoms with Crippen LogP contribution >= 0.6 is 19.3 Å². The van der Waals surface area contributed by atoms with Gasteiger partial charge in [-0.1, -0.05) is 17.4 Å². The van der Waals surface area contributed by atoms with Crippen LogP contribution in [0, 0.1) is 0 Å². The van der Waals surface area contributed by atoms with Crippen LogP contribution in [0.5, 0.6) is 0 Å². The van der Waals surface area contributed by atoms with Crippen molar-refractivity contribution in [2.45, 2.75) is 32.6 Å². The number of carbonyl (C=O) groups excluding carboxylic acids is 2. The predicted octanol–water partition coefficient (Wildman–Crippen LogP) is 2.32. The van der Waals surface area contributed by atoms with E-state index in [9.17, 15) is 19.6 Å². The Balaban J connectivity index is 1.38. The fraction of sp³-hybridized carbons (Fsp3) is 0.308. The number of benzene rings is 1. The summed E-state index contributed by atoms with van der Waals surface area (Å²) in [6.07, 6.45) is 3.68. The Morgan fingerprint density at radius 2 is 2.02 bits per heavy atom. The maximum atomic E-state index is 12.6. The molecule has 17 heteroatoms. The highest BCUT2D eigenvalue weighted by atomic mass is 32.1. The molecule has 0 spiro atoms. The summed E-state index contributed by atoms with van der Waals surface area (Å²) < 4.78 is 6.44. The van der Waals surface area contributed by atoms with Crippen LogP contribution in [-0.2, 0) is 15.1 Å². The van der Waals surface area contributed by atoms with Gasteiger partial charge in [0.15, 0.2) is 36.9 Å². The third kappa shape index (κ3) is 6.97. The Morgan fingerprint density at radius 3 is 2.67 bits per heavy atom. The zero-order chi connectivity index (χ0) is 30.7. The molecule has 1 aliphatic heterocycles. The monoisotopic (exact) mass is 624 g/mol. The second-order valence-electron chi connectivity index (χ2n) is 9.89. The number of pyridine rings is 1. The number of esters is 1. The van der Waals surface area contributed by atoms with Gasteiger partial charge in [0.05, 0.1) is 15.9 Å². The predicted molar refractivity (Wildman–Crippen MR) is 159 cm³/mol. The lowest BCUT2D eigenvalue weighted by molar-refractivity contribution is -0.174. The number of aliphatic hydroxyl groups excluding tert-OH is 1. The summed E-state index contributed by atoms with van der Waals surface area (Å²) in [6, 6.07) is 9.12. The number of rotatable bonds is 9. The highest BCUT2D eigenvalue weighted by molar-refractivity contribution is 7.39. The van der Waals surface area contributed by atoms with E-state index in [1.807, 2.05) is 37.3 Å². The number of urea groups is 1. The van der Waals surface area contributed by atoms with E-state index in [1.165, 1.54) is 11.3 Å². The average molecular weight is 625 g/mol. The Labute approximate surface area is 251 Å². The van der Waals surface area contributed by atoms with Crippen LogP contribution in [0.3, 0.4) is 0 Å². The maximum absolute atomic E-state index is 12.6. The average Bonchev–Trinajstić information content (AvgIpc) is 3.53. The van der Waals surface area contributed by atoms with Gasteiger partial charge in [-0.2, -0.15) is 0 Å². The van der Waals surface area contributed by atoms with Crippen LogP contribution in [0.2, 0.25) is 0 Å². The van der Waals surface area contributed by atoms with Crippen molar-refractivity contribution in [2.75, 3.05) is 24.6 Å². The Hall–Kier alpha value is -4.02. The first-order valence-electron chi connectivity index (χ1n) is 13.2. The van der Waals surface area contributed by atoms with E-state index in [0.717, 1.165) is 31.8 Å². The second-order valence-corrected chi connectivity index (χ2v) is 12.1. The lowest BCUT2D eigenvalue weighted by Gasteiger charge is -2.27. The van der Waals surface area contributed by atoms with Crippen molar-refractivity contribution < 1.29 is 24.3 Å². The number of aliphatic hydroxyl groups is 1. The van der Waals surface area contributed by atoms with Crippen molar-refractivity contribution in [2.24, 2.45) is 10.7 Å². The molecule has 4 heterocycles. The summed E-state index contributed by atoms with van der Waals surface area (Å²) in [5.74, 6) is 5.34. The standard InChI is InChI=1S/C26H29N10O5PS/c1-4-28-24(39)33-25-32-19-10-15(9-17(22(19)43-25)18-7-5-6-8-29-18)16-11-30-23(31-12-16)26(2,3)41-21(38)13-35(27)36-20(37)14-42(40)34-36/h5-12,20,37H,4,13-14,27H2,1-3H3,(H2,28,32,33,39). The molecule has 5 rings (SSSR count). The van der Waals surface area contributed by atoms with E-state index in [2.05, 4.69) is 35.4 Å². The summed E-state index contributed by atoms with van der Waals surface area (Å²) >= 11 is 1.35. The minimum Gasteiger partial charge on any atom is -0.611 e. The van der Waals surface area contributed by atoms with Crippen LogP contribution < -0.4 is 21.4 Å². The van der Waals surface area contributed by atoms with Crippen molar-refractivity contribution in [3.63, 3.8) is 0 Å². The lowest BCUT2D eigenvalue weighted by Crippen LogP contribution is -2.51. The Bertz CT molecular complexity index is 1670. The number of anilines is 1. The molecule has 2 atom stereocenters. The topological polar surface area (TPSA) is 207 Å². The molecule has 224 valence electrons. The van der Waals surface area contributed by atoms with Crippen molar-refractivity contribution in [1.29, 1.82) is 0 Å². The summed E-state index contributed by atoms with van der Waals surface area (Å²) in [4.78, 5) is 58.0. The van der Waals surface area contributed by atoms with Gasteiger partial charge in [-0.15, -0.1) is 5.12 Å². The molecule has 0 saturated heterocycles. The van der Waals surface area contributed by atoms with Gasteiger partial charge >= 0.3 is 12.0 Å². The number of hydrogen-bond donors (Lipinski definition) is 4. The quantitative estimate of drug-likeness (QED) is 0.0916. The summed E-state index contributed by atoms with van der Waals surface area (Å²) in [5.41, 5.74) is 2.47. The molecule has 0 saturated carbocycles. The Kier molecular flexibility index (Phi) is 8.98. The molecular formula is C26H29N10O5PS. The normalized spacial score (nSPS) is 16.3. The van der Waals surface area contributed by atoms with Gasteiger partial charge in [-0.3, -0.25) is 20.9 Å². The summed E-state index contributed by atoms with van der Waals surface area (Å²) in [6.45, 7) is 5.14. The zero-order valence-electron chi connectivity index (χ0n) is 23.5. The first-order valence-corrected chi connectivity index (χ1v) is 15.4. The number of nitrogens with one attached hydrogen (secondary N) is 2. The number of amides is 2. The minimum atomic E-state index is -1.99. The number of carbonyl (C=O) groups is 2. The first-order chi connectivity index (χ1) is 20.5. The molecule has 2 amide bonds. The number of thiazole rings is 1. The third-order valence-corrected chi connectivity index (χ3v) is 8.25. The van der Waals surface area contributed by atoms with Gasteiger partial charge in [-0.25, -0.2) is 19.7 Å². The van der Waals surface area contributed by atoms with Gasteiger partial charge in [0.2, 0.25) is 0 Å². The van der Waals surface area contributed by atoms with Crippen molar-refractivity contribution in [1.82, 2.24) is 35.5 Å². The molecule has 5 N–H and O–H groups in total. The van der Waals surface area contributed by atoms with E-state index >= 15 is 0 Å². The number of hydrazine groups is 2. The van der Waals surface area contributed by atoms with Crippen molar-refractivity contribution in [3.8, 4) is 22.4 Å². The lowest BCUT2D eigenvalue weighted by atomic mass is 10.0. The summed E-state index contributed by atoms with van der Waals surface area (Å²) in [7, 11) is -1.99. The van der Waals surface area contributed by atoms with Crippen molar-refractivity contribution in [3.05, 3.63) is 54.7 Å². The number of nitrogens with zero attached hydrogens (tertiary/aromatic N) is 7. The molecule has 1 aliphatic rings. The first kappa shape index (κ1) is 30.4. The molecule has 15 nitrogen and oxygen atoms in total. The summed E-state index contributed by atoms with van der Waals surface area (Å²) in [5, 5.41) is 17.6. The number of hydrogen-bond acceptors (Lipinski definition) is 14.